The Morgan fingerprint density at radius 2 is 2.14 bits per heavy atom. The van der Waals surface area contributed by atoms with E-state index < -0.39 is 6.04 Å². The molecule has 1 aliphatic rings. The summed E-state index contributed by atoms with van der Waals surface area (Å²) in [7, 11) is 0. The number of halogens is 1. The van der Waals surface area contributed by atoms with Crippen LogP contribution in [0.4, 0.5) is 5.69 Å². The van der Waals surface area contributed by atoms with Crippen molar-refractivity contribution in [2.45, 2.75) is 19.5 Å². The van der Waals surface area contributed by atoms with Crippen LogP contribution in [0.1, 0.15) is 22.8 Å². The first-order valence-corrected chi connectivity index (χ1v) is 6.88. The van der Waals surface area contributed by atoms with Crippen molar-refractivity contribution in [1.29, 1.82) is 0 Å². The highest BCUT2D eigenvalue weighted by molar-refractivity contribution is 6.32. The standard InChI is InChI=1S/C15H13ClN2O3/c1-9-14(19)17-12-5-3-2-4-10(12)8-18(9)15(20)11-6-7-21-13(11)16/h2-7,9H,8H2,1H3,(H,17,19). The van der Waals surface area contributed by atoms with E-state index in [4.69, 9.17) is 16.0 Å². The Kier molecular flexibility index (Phi) is 3.43. The molecule has 21 heavy (non-hydrogen) atoms. The second-order valence-electron chi connectivity index (χ2n) is 4.86. The van der Waals surface area contributed by atoms with Crippen molar-refractivity contribution >= 4 is 29.1 Å². The number of furan rings is 1. The minimum absolute atomic E-state index is 0.0325. The molecule has 0 bridgehead atoms. The molecule has 108 valence electrons. The molecule has 6 heteroatoms. The predicted octanol–water partition coefficient (Wildman–Crippen LogP) is 2.92. The molecule has 0 saturated heterocycles. The SMILES string of the molecule is CC1C(=O)Nc2ccccc2CN1C(=O)c1ccoc1Cl. The second kappa shape index (κ2) is 5.26. The van der Waals surface area contributed by atoms with E-state index in [0.29, 0.717) is 6.54 Å². The van der Waals surface area contributed by atoms with Gasteiger partial charge in [-0.15, -0.1) is 0 Å². The summed E-state index contributed by atoms with van der Waals surface area (Å²) in [6.45, 7) is 2.02. The van der Waals surface area contributed by atoms with Gasteiger partial charge < -0.3 is 14.6 Å². The van der Waals surface area contributed by atoms with Crippen molar-refractivity contribution in [3.63, 3.8) is 0 Å². The number of hydrogen-bond acceptors (Lipinski definition) is 3. The lowest BCUT2D eigenvalue weighted by Gasteiger charge is -2.25. The quantitative estimate of drug-likeness (QED) is 0.881. The van der Waals surface area contributed by atoms with Gasteiger partial charge in [-0.3, -0.25) is 9.59 Å². The van der Waals surface area contributed by atoms with Gasteiger partial charge in [0.05, 0.1) is 11.8 Å². The molecule has 1 aromatic carbocycles. The van der Waals surface area contributed by atoms with Crippen molar-refractivity contribution in [3.05, 3.63) is 52.9 Å². The molecule has 1 unspecified atom stereocenters. The number of rotatable bonds is 1. The smallest absolute Gasteiger partial charge is 0.259 e. The molecule has 1 N–H and O–H groups in total. The summed E-state index contributed by atoms with van der Waals surface area (Å²) in [5.74, 6) is -0.555. The molecule has 0 radical (unpaired) electrons. The molecule has 2 heterocycles. The first-order chi connectivity index (χ1) is 10.1. The zero-order chi connectivity index (χ0) is 15.0. The maximum Gasteiger partial charge on any atom is 0.259 e. The number of carbonyl (C=O) groups is 2. The maximum atomic E-state index is 12.6. The summed E-state index contributed by atoms with van der Waals surface area (Å²) in [6.07, 6.45) is 1.35. The van der Waals surface area contributed by atoms with E-state index in [1.165, 1.54) is 17.2 Å². The van der Waals surface area contributed by atoms with Crippen LogP contribution < -0.4 is 5.32 Å². The van der Waals surface area contributed by atoms with Gasteiger partial charge >= 0.3 is 0 Å². The summed E-state index contributed by atoms with van der Waals surface area (Å²) in [6, 6.07) is 8.31. The van der Waals surface area contributed by atoms with Crippen LogP contribution in [0.15, 0.2) is 41.0 Å². The summed E-state index contributed by atoms with van der Waals surface area (Å²) in [4.78, 5) is 26.3. The van der Waals surface area contributed by atoms with Crippen molar-refractivity contribution < 1.29 is 14.0 Å². The van der Waals surface area contributed by atoms with Gasteiger partial charge in [0.15, 0.2) is 0 Å². The van der Waals surface area contributed by atoms with Gasteiger partial charge in [-0.25, -0.2) is 0 Å². The molecule has 0 fully saturated rings. The van der Waals surface area contributed by atoms with E-state index in [0.717, 1.165) is 11.3 Å². The third kappa shape index (κ3) is 2.40. The van der Waals surface area contributed by atoms with Crippen LogP contribution in [0.3, 0.4) is 0 Å². The average Bonchev–Trinajstić information content (AvgIpc) is 2.85. The van der Waals surface area contributed by atoms with Gasteiger partial charge in [0, 0.05) is 12.2 Å². The fourth-order valence-electron chi connectivity index (χ4n) is 2.33. The molecule has 2 amide bonds. The third-order valence-electron chi connectivity index (χ3n) is 3.57. The largest absolute Gasteiger partial charge is 0.452 e. The number of nitrogens with one attached hydrogen (secondary N) is 1. The highest BCUT2D eigenvalue weighted by Gasteiger charge is 2.32. The highest BCUT2D eigenvalue weighted by Crippen LogP contribution is 2.26. The van der Waals surface area contributed by atoms with Gasteiger partial charge in [-0.2, -0.15) is 0 Å². The van der Waals surface area contributed by atoms with Crippen molar-refractivity contribution in [2.75, 3.05) is 5.32 Å². The number of anilines is 1. The minimum Gasteiger partial charge on any atom is -0.452 e. The summed E-state index contributed by atoms with van der Waals surface area (Å²) in [5, 5.41) is 2.86. The molecular weight excluding hydrogens is 292 g/mol. The lowest BCUT2D eigenvalue weighted by Crippen LogP contribution is -2.43. The first kappa shape index (κ1) is 13.7. The molecule has 3 rings (SSSR count). The fraction of sp³-hybridized carbons (Fsp3) is 0.200. The Morgan fingerprint density at radius 3 is 2.86 bits per heavy atom. The van der Waals surface area contributed by atoms with Crippen LogP contribution in [0, 0.1) is 0 Å². The highest BCUT2D eigenvalue weighted by atomic mass is 35.5. The van der Waals surface area contributed by atoms with Crippen LogP contribution >= 0.6 is 11.6 Å². The lowest BCUT2D eigenvalue weighted by atomic mass is 10.1. The summed E-state index contributed by atoms with van der Waals surface area (Å²) < 4.78 is 4.96. The van der Waals surface area contributed by atoms with Gasteiger partial charge in [0.1, 0.15) is 6.04 Å². The average molecular weight is 305 g/mol. The van der Waals surface area contributed by atoms with Gasteiger partial charge in [-0.1, -0.05) is 18.2 Å². The summed E-state index contributed by atoms with van der Waals surface area (Å²) >= 11 is 5.86. The van der Waals surface area contributed by atoms with Crippen LogP contribution in [0.2, 0.25) is 5.22 Å². The van der Waals surface area contributed by atoms with Crippen molar-refractivity contribution in [3.8, 4) is 0 Å². The molecular formula is C15H13ClN2O3. The Labute approximate surface area is 126 Å². The Bertz CT molecular complexity index is 710. The zero-order valence-electron chi connectivity index (χ0n) is 11.3. The third-order valence-corrected chi connectivity index (χ3v) is 3.86. The topological polar surface area (TPSA) is 62.6 Å². The van der Waals surface area contributed by atoms with Crippen LogP contribution in [0.25, 0.3) is 0 Å². The second-order valence-corrected chi connectivity index (χ2v) is 5.21. The number of amides is 2. The van der Waals surface area contributed by atoms with Crippen LogP contribution in [-0.2, 0) is 11.3 Å². The molecule has 0 saturated carbocycles. The molecule has 1 aromatic heterocycles. The molecule has 5 nitrogen and oxygen atoms in total. The summed E-state index contributed by atoms with van der Waals surface area (Å²) in [5.41, 5.74) is 1.86. The molecule has 2 aromatic rings. The first-order valence-electron chi connectivity index (χ1n) is 6.50. The Hall–Kier alpha value is -2.27. The van der Waals surface area contributed by atoms with E-state index in [2.05, 4.69) is 5.32 Å². The van der Waals surface area contributed by atoms with E-state index in [1.807, 2.05) is 24.3 Å². The molecule has 1 aliphatic heterocycles. The van der Waals surface area contributed by atoms with E-state index in [-0.39, 0.29) is 22.6 Å². The zero-order valence-corrected chi connectivity index (χ0v) is 12.1. The number of hydrogen-bond donors (Lipinski definition) is 1. The van der Waals surface area contributed by atoms with Gasteiger partial charge in [0.25, 0.3) is 5.91 Å². The van der Waals surface area contributed by atoms with Gasteiger partial charge in [-0.05, 0) is 36.2 Å². The lowest BCUT2D eigenvalue weighted by molar-refractivity contribution is -0.120. The molecule has 0 spiro atoms. The Morgan fingerprint density at radius 1 is 1.38 bits per heavy atom. The van der Waals surface area contributed by atoms with E-state index in [9.17, 15) is 9.59 Å². The molecule has 0 aliphatic carbocycles. The maximum absolute atomic E-state index is 12.6. The van der Waals surface area contributed by atoms with Gasteiger partial charge in [0.2, 0.25) is 11.1 Å². The normalized spacial score (nSPS) is 17.9. The Balaban J connectivity index is 2.00. The van der Waals surface area contributed by atoms with Crippen LogP contribution in [-0.4, -0.2) is 22.8 Å². The van der Waals surface area contributed by atoms with Crippen molar-refractivity contribution in [2.24, 2.45) is 0 Å². The fourth-order valence-corrected chi connectivity index (χ4v) is 2.52. The van der Waals surface area contributed by atoms with Crippen LogP contribution in [0.5, 0.6) is 0 Å². The number of para-hydroxylation sites is 1. The molecule has 1 atom stereocenters. The van der Waals surface area contributed by atoms with E-state index >= 15 is 0 Å². The minimum atomic E-state index is -0.601. The monoisotopic (exact) mass is 304 g/mol. The number of fused-ring (bicyclic) bond motifs is 1. The number of nitrogens with zero attached hydrogens (tertiary/aromatic N) is 1. The van der Waals surface area contributed by atoms with E-state index in [1.54, 1.807) is 6.92 Å². The van der Waals surface area contributed by atoms with Crippen molar-refractivity contribution in [1.82, 2.24) is 4.90 Å². The number of benzene rings is 1. The predicted molar refractivity (Wildman–Crippen MR) is 78.1 cm³/mol. The number of carbonyl (C=O) groups excluding carboxylic acids is 2.